The average Bonchev–Trinajstić information content (AvgIpc) is 2.84. The summed E-state index contributed by atoms with van der Waals surface area (Å²) in [6, 6.07) is 15.4. The summed E-state index contributed by atoms with van der Waals surface area (Å²) in [5.41, 5.74) is 2.02. The maximum Gasteiger partial charge on any atom is 0.147 e. The number of rotatable bonds is 5. The van der Waals surface area contributed by atoms with Gasteiger partial charge in [0.05, 0.1) is 0 Å². The minimum atomic E-state index is 0.381. The Morgan fingerprint density at radius 3 is 2.81 bits per heavy atom. The topological polar surface area (TPSA) is 34.4 Å². The van der Waals surface area contributed by atoms with Gasteiger partial charge in [0.15, 0.2) is 0 Å². The van der Waals surface area contributed by atoms with E-state index in [4.69, 9.17) is 20.8 Å². The molecule has 0 amide bonds. The molecular formula is C17H16ClNO2. The fraction of sp³-hybridized carbons (Fsp3) is 0.176. The SMILES string of the molecule is CNCc1c(COc2cccc(Cl)c2)oc2ccccc12. The molecule has 1 heterocycles. The normalized spacial score (nSPS) is 11.0. The molecular weight excluding hydrogens is 286 g/mol. The lowest BCUT2D eigenvalue weighted by molar-refractivity contribution is 0.272. The molecule has 0 saturated carbocycles. The maximum absolute atomic E-state index is 5.96. The first-order valence-corrected chi connectivity index (χ1v) is 7.18. The van der Waals surface area contributed by atoms with Crippen LogP contribution in [0.25, 0.3) is 11.0 Å². The van der Waals surface area contributed by atoms with Gasteiger partial charge >= 0.3 is 0 Å². The molecule has 3 nitrogen and oxygen atoms in total. The molecule has 0 saturated heterocycles. The lowest BCUT2D eigenvalue weighted by Gasteiger charge is -2.06. The fourth-order valence-electron chi connectivity index (χ4n) is 2.34. The van der Waals surface area contributed by atoms with Crippen molar-refractivity contribution in [2.45, 2.75) is 13.2 Å². The van der Waals surface area contributed by atoms with Crippen molar-refractivity contribution < 1.29 is 9.15 Å². The molecule has 0 fully saturated rings. The molecule has 0 aliphatic heterocycles. The molecule has 3 rings (SSSR count). The highest BCUT2D eigenvalue weighted by atomic mass is 35.5. The molecule has 108 valence electrons. The number of nitrogens with one attached hydrogen (secondary N) is 1. The predicted molar refractivity (Wildman–Crippen MR) is 84.8 cm³/mol. The van der Waals surface area contributed by atoms with Crippen molar-refractivity contribution in [2.24, 2.45) is 0 Å². The van der Waals surface area contributed by atoms with E-state index in [1.165, 1.54) is 0 Å². The van der Waals surface area contributed by atoms with E-state index in [9.17, 15) is 0 Å². The maximum atomic E-state index is 5.96. The number of ether oxygens (including phenoxy) is 1. The molecule has 0 aliphatic rings. The van der Waals surface area contributed by atoms with Crippen molar-refractivity contribution in [1.82, 2.24) is 5.32 Å². The second-order valence-electron chi connectivity index (χ2n) is 4.78. The molecule has 21 heavy (non-hydrogen) atoms. The number of fused-ring (bicyclic) bond motifs is 1. The Morgan fingerprint density at radius 2 is 2.00 bits per heavy atom. The second-order valence-corrected chi connectivity index (χ2v) is 5.21. The van der Waals surface area contributed by atoms with Gasteiger partial charge in [-0.15, -0.1) is 0 Å². The van der Waals surface area contributed by atoms with Gasteiger partial charge in [-0.25, -0.2) is 0 Å². The van der Waals surface area contributed by atoms with Crippen LogP contribution in [0.4, 0.5) is 0 Å². The van der Waals surface area contributed by atoms with Gasteiger partial charge in [-0.2, -0.15) is 0 Å². The van der Waals surface area contributed by atoms with Crippen LogP contribution in [0.1, 0.15) is 11.3 Å². The summed E-state index contributed by atoms with van der Waals surface area (Å²) in [6.07, 6.45) is 0. The van der Waals surface area contributed by atoms with Crippen molar-refractivity contribution in [3.05, 3.63) is 64.9 Å². The number of hydrogen-bond acceptors (Lipinski definition) is 3. The van der Waals surface area contributed by atoms with Gasteiger partial charge in [-0.05, 0) is 31.3 Å². The fourth-order valence-corrected chi connectivity index (χ4v) is 2.52. The van der Waals surface area contributed by atoms with E-state index in [1.54, 1.807) is 6.07 Å². The number of halogens is 1. The van der Waals surface area contributed by atoms with E-state index < -0.39 is 0 Å². The van der Waals surface area contributed by atoms with E-state index in [0.29, 0.717) is 11.6 Å². The molecule has 0 bridgehead atoms. The van der Waals surface area contributed by atoms with Crippen LogP contribution in [0.3, 0.4) is 0 Å². The van der Waals surface area contributed by atoms with Crippen molar-refractivity contribution in [3.8, 4) is 5.75 Å². The van der Waals surface area contributed by atoms with Gasteiger partial charge in [-0.1, -0.05) is 35.9 Å². The van der Waals surface area contributed by atoms with Gasteiger partial charge < -0.3 is 14.5 Å². The first-order chi connectivity index (χ1) is 10.3. The van der Waals surface area contributed by atoms with Gasteiger partial charge in [0, 0.05) is 22.5 Å². The smallest absolute Gasteiger partial charge is 0.147 e. The molecule has 0 atom stereocenters. The Balaban J connectivity index is 1.87. The molecule has 1 aromatic heterocycles. The molecule has 0 radical (unpaired) electrons. The van der Waals surface area contributed by atoms with Gasteiger partial charge in [0.1, 0.15) is 23.7 Å². The molecule has 3 aromatic rings. The standard InChI is InChI=1S/C17H16ClNO2/c1-19-10-15-14-7-2-3-8-16(14)21-17(15)11-20-13-6-4-5-12(18)9-13/h2-9,19H,10-11H2,1H3. The lowest BCUT2D eigenvalue weighted by Crippen LogP contribution is -2.07. The summed E-state index contributed by atoms with van der Waals surface area (Å²) in [7, 11) is 1.92. The third-order valence-corrected chi connectivity index (χ3v) is 3.54. The van der Waals surface area contributed by atoms with Crippen molar-refractivity contribution in [3.63, 3.8) is 0 Å². The highest BCUT2D eigenvalue weighted by Crippen LogP contribution is 2.27. The second kappa shape index (κ2) is 6.20. The van der Waals surface area contributed by atoms with Crippen LogP contribution in [0.15, 0.2) is 52.9 Å². The Morgan fingerprint density at radius 1 is 1.14 bits per heavy atom. The van der Waals surface area contributed by atoms with Crippen LogP contribution in [0.5, 0.6) is 5.75 Å². The average molecular weight is 302 g/mol. The lowest BCUT2D eigenvalue weighted by atomic mass is 10.1. The summed E-state index contributed by atoms with van der Waals surface area (Å²) in [5, 5.41) is 4.95. The largest absolute Gasteiger partial charge is 0.486 e. The first kappa shape index (κ1) is 14.0. The molecule has 0 spiro atoms. The predicted octanol–water partition coefficient (Wildman–Crippen LogP) is 4.38. The van der Waals surface area contributed by atoms with E-state index in [0.717, 1.165) is 34.6 Å². The van der Waals surface area contributed by atoms with Crippen molar-refractivity contribution in [1.29, 1.82) is 0 Å². The van der Waals surface area contributed by atoms with Gasteiger partial charge in [0.25, 0.3) is 0 Å². The summed E-state index contributed by atoms with van der Waals surface area (Å²) in [5.74, 6) is 1.57. The molecule has 4 heteroatoms. The van der Waals surface area contributed by atoms with Gasteiger partial charge in [0.2, 0.25) is 0 Å². The minimum absolute atomic E-state index is 0.381. The van der Waals surface area contributed by atoms with Crippen LogP contribution in [0.2, 0.25) is 5.02 Å². The zero-order valence-corrected chi connectivity index (χ0v) is 12.5. The minimum Gasteiger partial charge on any atom is -0.486 e. The Labute approximate surface area is 128 Å². The van der Waals surface area contributed by atoms with Crippen molar-refractivity contribution >= 4 is 22.6 Å². The molecule has 2 aromatic carbocycles. The van der Waals surface area contributed by atoms with E-state index in [2.05, 4.69) is 11.4 Å². The highest BCUT2D eigenvalue weighted by molar-refractivity contribution is 6.30. The summed E-state index contributed by atoms with van der Waals surface area (Å²) >= 11 is 5.96. The molecule has 1 N–H and O–H groups in total. The summed E-state index contributed by atoms with van der Waals surface area (Å²) in [6.45, 7) is 1.12. The number of benzene rings is 2. The third-order valence-electron chi connectivity index (χ3n) is 3.30. The third kappa shape index (κ3) is 3.04. The zero-order chi connectivity index (χ0) is 14.7. The number of para-hydroxylation sites is 1. The van der Waals surface area contributed by atoms with Crippen LogP contribution in [0, 0.1) is 0 Å². The Bertz CT molecular complexity index is 751. The monoisotopic (exact) mass is 301 g/mol. The van der Waals surface area contributed by atoms with Crippen LogP contribution in [-0.4, -0.2) is 7.05 Å². The van der Waals surface area contributed by atoms with E-state index in [1.807, 2.05) is 43.4 Å². The summed E-state index contributed by atoms with van der Waals surface area (Å²) < 4.78 is 11.7. The Kier molecular flexibility index (Phi) is 4.13. The van der Waals surface area contributed by atoms with Crippen molar-refractivity contribution in [2.75, 3.05) is 7.05 Å². The van der Waals surface area contributed by atoms with E-state index >= 15 is 0 Å². The Hall–Kier alpha value is -1.97. The van der Waals surface area contributed by atoms with Crippen LogP contribution < -0.4 is 10.1 Å². The quantitative estimate of drug-likeness (QED) is 0.759. The molecule has 0 unspecified atom stereocenters. The number of furan rings is 1. The molecule has 0 aliphatic carbocycles. The highest BCUT2D eigenvalue weighted by Gasteiger charge is 2.13. The van der Waals surface area contributed by atoms with E-state index in [-0.39, 0.29) is 0 Å². The van der Waals surface area contributed by atoms with Gasteiger partial charge in [-0.3, -0.25) is 0 Å². The zero-order valence-electron chi connectivity index (χ0n) is 11.7. The van der Waals surface area contributed by atoms with Crippen LogP contribution >= 0.6 is 11.6 Å². The van der Waals surface area contributed by atoms with Crippen LogP contribution in [-0.2, 0) is 13.2 Å². The number of hydrogen-bond donors (Lipinski definition) is 1. The summed E-state index contributed by atoms with van der Waals surface area (Å²) in [4.78, 5) is 0. The first-order valence-electron chi connectivity index (χ1n) is 6.80.